The van der Waals surface area contributed by atoms with E-state index < -0.39 is 17.5 Å². The summed E-state index contributed by atoms with van der Waals surface area (Å²) in [6.45, 7) is 12.2. The van der Waals surface area contributed by atoms with Crippen LogP contribution in [0.25, 0.3) is 0 Å². The first kappa shape index (κ1) is 13.5. The van der Waals surface area contributed by atoms with Crippen LogP contribution in [0.4, 0.5) is 0 Å². The maximum atomic E-state index is 11.4. The van der Waals surface area contributed by atoms with Gasteiger partial charge in [-0.15, -0.1) is 0 Å². The Morgan fingerprint density at radius 1 is 1.24 bits per heavy atom. The Bertz CT molecular complexity index is 383. The van der Waals surface area contributed by atoms with Gasteiger partial charge in [0.15, 0.2) is 0 Å². The van der Waals surface area contributed by atoms with Crippen molar-refractivity contribution in [1.29, 1.82) is 0 Å². The topological polar surface area (TPSA) is 52.6 Å². The molecule has 1 fully saturated rings. The van der Waals surface area contributed by atoms with Gasteiger partial charge in [0.2, 0.25) is 0 Å². The van der Waals surface area contributed by atoms with Gasteiger partial charge in [-0.1, -0.05) is 20.1 Å². The van der Waals surface area contributed by atoms with Crippen LogP contribution in [0, 0.1) is 5.92 Å². The van der Waals surface area contributed by atoms with Crippen LogP contribution in [0.1, 0.15) is 27.2 Å². The lowest BCUT2D eigenvalue weighted by molar-refractivity contribution is -0.157. The van der Waals surface area contributed by atoms with Gasteiger partial charge in [0, 0.05) is 17.1 Å². The fraction of sp³-hybridized carbons (Fsp3) is 0.538. The molecule has 17 heavy (non-hydrogen) atoms. The summed E-state index contributed by atoms with van der Waals surface area (Å²) in [6, 6.07) is 0. The molecule has 0 heterocycles. The highest BCUT2D eigenvalue weighted by atomic mass is 16.6. The number of hydrogen-bond donors (Lipinski definition) is 0. The van der Waals surface area contributed by atoms with Crippen molar-refractivity contribution in [1.82, 2.24) is 0 Å². The largest absolute Gasteiger partial charge is 0.458 e. The van der Waals surface area contributed by atoms with Crippen molar-refractivity contribution in [2.75, 3.05) is 6.61 Å². The number of esters is 2. The lowest BCUT2D eigenvalue weighted by Gasteiger charge is -2.18. The highest BCUT2D eigenvalue weighted by Gasteiger charge is 2.56. The van der Waals surface area contributed by atoms with Crippen LogP contribution >= 0.6 is 0 Å². The van der Waals surface area contributed by atoms with Gasteiger partial charge < -0.3 is 9.47 Å². The van der Waals surface area contributed by atoms with E-state index in [1.54, 1.807) is 13.8 Å². The van der Waals surface area contributed by atoms with Gasteiger partial charge in [-0.2, -0.15) is 0 Å². The van der Waals surface area contributed by atoms with Crippen LogP contribution < -0.4 is 0 Å². The van der Waals surface area contributed by atoms with E-state index in [-0.39, 0.29) is 12.5 Å². The van der Waals surface area contributed by atoms with Crippen molar-refractivity contribution in [2.24, 2.45) is 5.92 Å². The minimum Gasteiger partial charge on any atom is -0.458 e. The molecule has 0 amide bonds. The number of ether oxygens (including phenoxy) is 2. The molecule has 0 aromatic rings. The van der Waals surface area contributed by atoms with E-state index in [9.17, 15) is 9.59 Å². The molecule has 1 aliphatic carbocycles. The quantitative estimate of drug-likeness (QED) is 0.543. The molecular formula is C13H18O4. The third-order valence-corrected chi connectivity index (χ3v) is 2.83. The van der Waals surface area contributed by atoms with Crippen molar-refractivity contribution in [3.63, 3.8) is 0 Å². The molecule has 0 radical (unpaired) electrons. The van der Waals surface area contributed by atoms with Crippen LogP contribution in [-0.4, -0.2) is 24.1 Å². The van der Waals surface area contributed by atoms with Crippen LogP contribution in [0.3, 0.4) is 0 Å². The number of hydrogen-bond acceptors (Lipinski definition) is 4. The Balaban J connectivity index is 2.54. The van der Waals surface area contributed by atoms with E-state index in [4.69, 9.17) is 9.47 Å². The second-order valence-corrected chi connectivity index (χ2v) is 4.70. The summed E-state index contributed by atoms with van der Waals surface area (Å²) in [5, 5.41) is 0. The molecular weight excluding hydrogens is 220 g/mol. The highest BCUT2D eigenvalue weighted by molar-refractivity contribution is 5.88. The molecule has 2 unspecified atom stereocenters. The second kappa shape index (κ2) is 4.73. The van der Waals surface area contributed by atoms with Gasteiger partial charge in [-0.05, 0) is 20.3 Å². The fourth-order valence-corrected chi connectivity index (χ4v) is 1.41. The predicted molar refractivity (Wildman–Crippen MR) is 63.2 cm³/mol. The van der Waals surface area contributed by atoms with E-state index in [1.807, 2.05) is 6.92 Å². The van der Waals surface area contributed by atoms with Crippen molar-refractivity contribution in [2.45, 2.75) is 32.8 Å². The van der Waals surface area contributed by atoms with Crippen molar-refractivity contribution in [3.05, 3.63) is 24.3 Å². The smallest absolute Gasteiger partial charge is 0.333 e. The van der Waals surface area contributed by atoms with Gasteiger partial charge in [-0.25, -0.2) is 9.59 Å². The summed E-state index contributed by atoms with van der Waals surface area (Å²) >= 11 is 0. The Morgan fingerprint density at radius 2 is 1.71 bits per heavy atom. The average molecular weight is 238 g/mol. The summed E-state index contributed by atoms with van der Waals surface area (Å²) < 4.78 is 10.3. The van der Waals surface area contributed by atoms with Gasteiger partial charge in [0.1, 0.15) is 12.2 Å². The van der Waals surface area contributed by atoms with Gasteiger partial charge in [0.05, 0.1) is 0 Å². The third kappa shape index (κ3) is 3.19. The first-order valence-electron chi connectivity index (χ1n) is 5.50. The normalized spacial score (nSPS) is 25.9. The van der Waals surface area contributed by atoms with Gasteiger partial charge >= 0.3 is 11.9 Å². The molecule has 1 saturated carbocycles. The van der Waals surface area contributed by atoms with Gasteiger partial charge in [0.25, 0.3) is 0 Å². The zero-order chi connectivity index (χ0) is 13.2. The van der Waals surface area contributed by atoms with Crippen molar-refractivity contribution in [3.8, 4) is 0 Å². The molecule has 0 bridgehead atoms. The molecule has 94 valence electrons. The lowest BCUT2D eigenvalue weighted by Crippen LogP contribution is -2.29. The molecule has 4 nitrogen and oxygen atoms in total. The maximum absolute atomic E-state index is 11.4. The summed E-state index contributed by atoms with van der Waals surface area (Å²) in [6.07, 6.45) is 0.704. The molecule has 0 aromatic heterocycles. The molecule has 1 aliphatic rings. The van der Waals surface area contributed by atoms with E-state index in [2.05, 4.69) is 13.2 Å². The molecule has 0 aromatic carbocycles. The van der Waals surface area contributed by atoms with Crippen LogP contribution in [0.5, 0.6) is 0 Å². The van der Waals surface area contributed by atoms with Crippen molar-refractivity contribution < 1.29 is 19.1 Å². The van der Waals surface area contributed by atoms with Crippen LogP contribution in [-0.2, 0) is 19.1 Å². The first-order valence-corrected chi connectivity index (χ1v) is 5.50. The number of rotatable bonds is 5. The van der Waals surface area contributed by atoms with E-state index in [0.717, 1.165) is 0 Å². The van der Waals surface area contributed by atoms with Crippen LogP contribution in [0.15, 0.2) is 24.3 Å². The summed E-state index contributed by atoms with van der Waals surface area (Å²) in [5.41, 5.74) is 0.00982. The fourth-order valence-electron chi connectivity index (χ4n) is 1.41. The monoisotopic (exact) mass is 238 g/mol. The number of carbonyl (C=O) groups is 2. The Labute approximate surface area is 101 Å². The van der Waals surface area contributed by atoms with E-state index >= 15 is 0 Å². The minimum absolute atomic E-state index is 0.0822. The molecule has 1 rings (SSSR count). The SMILES string of the molecule is C=C(C)C(=O)OCC1(OC(=O)C(=C)C)CC1C. The first-order chi connectivity index (χ1) is 7.78. The maximum Gasteiger partial charge on any atom is 0.333 e. The van der Waals surface area contributed by atoms with E-state index in [1.165, 1.54) is 0 Å². The molecule has 0 N–H and O–H groups in total. The number of carbonyl (C=O) groups excluding carboxylic acids is 2. The Kier molecular flexibility index (Phi) is 3.76. The third-order valence-electron chi connectivity index (χ3n) is 2.83. The molecule has 0 spiro atoms. The Hall–Kier alpha value is -1.58. The summed E-state index contributed by atoms with van der Waals surface area (Å²) in [4.78, 5) is 22.7. The molecule has 4 heteroatoms. The minimum atomic E-state index is -0.666. The van der Waals surface area contributed by atoms with Gasteiger partial charge in [-0.3, -0.25) is 0 Å². The lowest BCUT2D eigenvalue weighted by atomic mass is 10.2. The molecule has 0 aliphatic heterocycles. The summed E-state index contributed by atoms with van der Waals surface area (Å²) in [7, 11) is 0. The second-order valence-electron chi connectivity index (χ2n) is 4.70. The summed E-state index contributed by atoms with van der Waals surface area (Å²) in [5.74, 6) is -0.709. The van der Waals surface area contributed by atoms with Crippen molar-refractivity contribution >= 4 is 11.9 Å². The van der Waals surface area contributed by atoms with Crippen LogP contribution in [0.2, 0.25) is 0 Å². The standard InChI is InChI=1S/C13H18O4/c1-8(2)11(14)16-7-13(6-10(13)5)17-12(15)9(3)4/h10H,1,3,6-7H2,2,4-5H3. The average Bonchev–Trinajstić information content (AvgIpc) is 2.85. The Morgan fingerprint density at radius 3 is 2.06 bits per heavy atom. The zero-order valence-corrected chi connectivity index (χ0v) is 10.5. The zero-order valence-electron chi connectivity index (χ0n) is 10.5. The molecule has 0 saturated heterocycles. The predicted octanol–water partition coefficient (Wildman–Crippen LogP) is 2.00. The highest BCUT2D eigenvalue weighted by Crippen LogP contribution is 2.47. The van der Waals surface area contributed by atoms with E-state index in [0.29, 0.717) is 17.6 Å². The molecule has 2 atom stereocenters.